The van der Waals surface area contributed by atoms with Crippen LogP contribution in [0.4, 0.5) is 4.79 Å². The van der Waals surface area contributed by atoms with Crippen molar-refractivity contribution in [1.29, 1.82) is 0 Å². The number of rotatable bonds is 5. The van der Waals surface area contributed by atoms with Gasteiger partial charge < -0.3 is 10.6 Å². The van der Waals surface area contributed by atoms with Crippen LogP contribution in [0.1, 0.15) is 31.7 Å². The molecule has 0 aromatic heterocycles. The highest BCUT2D eigenvalue weighted by Gasteiger charge is 2.51. The van der Waals surface area contributed by atoms with E-state index in [-0.39, 0.29) is 18.5 Å². The number of hydrogen-bond acceptors (Lipinski definition) is 3. The Bertz CT molecular complexity index is 657. The minimum absolute atomic E-state index is 0.190. The fourth-order valence-corrected chi connectivity index (χ4v) is 2.91. The van der Waals surface area contributed by atoms with Crippen molar-refractivity contribution < 1.29 is 14.4 Å². The average Bonchev–Trinajstić information content (AvgIpc) is 3.30. The number of hydrogen-bond donors (Lipinski definition) is 2. The van der Waals surface area contributed by atoms with Crippen molar-refractivity contribution in [3.63, 3.8) is 0 Å². The van der Waals surface area contributed by atoms with Crippen molar-refractivity contribution in [2.45, 2.75) is 37.8 Å². The van der Waals surface area contributed by atoms with E-state index in [0.717, 1.165) is 17.7 Å². The van der Waals surface area contributed by atoms with Gasteiger partial charge in [-0.2, -0.15) is 0 Å². The third-order valence-electron chi connectivity index (χ3n) is 4.29. The van der Waals surface area contributed by atoms with Gasteiger partial charge in [-0.05, 0) is 37.0 Å². The maximum absolute atomic E-state index is 12.8. The summed E-state index contributed by atoms with van der Waals surface area (Å²) in [7, 11) is 0. The number of urea groups is 1. The Morgan fingerprint density at radius 2 is 2.00 bits per heavy atom. The number of benzene rings is 1. The summed E-state index contributed by atoms with van der Waals surface area (Å²) in [5.41, 5.74) is -0.477. The van der Waals surface area contributed by atoms with Gasteiger partial charge in [-0.15, -0.1) is 0 Å². The minimum Gasteiger partial charge on any atom is -0.352 e. The molecule has 1 aromatic carbocycles. The molecule has 1 aliphatic carbocycles. The van der Waals surface area contributed by atoms with E-state index < -0.39 is 17.5 Å². The Labute approximate surface area is 139 Å². The molecule has 122 valence electrons. The molecule has 2 aliphatic rings. The standard InChI is InChI=1S/C16H18ClN3O3/c1-2-16(10-3-5-11(17)6-4-10)14(22)20(15(23)19-16)9-13(21)18-12-7-8-12/h3-6,12H,2,7-9H2,1H3,(H,18,21)(H,19,23). The molecule has 1 aromatic rings. The number of imide groups is 1. The average molecular weight is 336 g/mol. The number of amides is 4. The lowest BCUT2D eigenvalue weighted by Gasteiger charge is -2.25. The molecule has 3 rings (SSSR count). The molecule has 1 heterocycles. The fourth-order valence-electron chi connectivity index (χ4n) is 2.79. The van der Waals surface area contributed by atoms with Gasteiger partial charge in [-0.3, -0.25) is 14.5 Å². The topological polar surface area (TPSA) is 78.5 Å². The van der Waals surface area contributed by atoms with Gasteiger partial charge in [0.1, 0.15) is 12.1 Å². The van der Waals surface area contributed by atoms with E-state index in [9.17, 15) is 14.4 Å². The Morgan fingerprint density at radius 3 is 2.57 bits per heavy atom. The molecule has 1 unspecified atom stereocenters. The lowest BCUT2D eigenvalue weighted by Crippen LogP contribution is -2.45. The zero-order valence-corrected chi connectivity index (χ0v) is 13.5. The largest absolute Gasteiger partial charge is 0.352 e. The second kappa shape index (κ2) is 5.85. The molecule has 2 fully saturated rings. The first-order chi connectivity index (χ1) is 11.0. The van der Waals surface area contributed by atoms with Crippen LogP contribution in [0.25, 0.3) is 0 Å². The van der Waals surface area contributed by atoms with Crippen LogP contribution >= 0.6 is 11.6 Å². The van der Waals surface area contributed by atoms with Gasteiger partial charge in [0.25, 0.3) is 5.91 Å². The number of halogens is 1. The lowest BCUT2D eigenvalue weighted by atomic mass is 9.87. The highest BCUT2D eigenvalue weighted by atomic mass is 35.5. The van der Waals surface area contributed by atoms with Crippen molar-refractivity contribution in [3.05, 3.63) is 34.9 Å². The summed E-state index contributed by atoms with van der Waals surface area (Å²) >= 11 is 5.89. The van der Waals surface area contributed by atoms with Gasteiger partial charge >= 0.3 is 6.03 Å². The first-order valence-corrected chi connectivity index (χ1v) is 8.03. The molecule has 2 N–H and O–H groups in total. The molecule has 23 heavy (non-hydrogen) atoms. The number of carbonyl (C=O) groups excluding carboxylic acids is 3. The second-order valence-corrected chi connectivity index (χ2v) is 6.37. The molecule has 0 spiro atoms. The summed E-state index contributed by atoms with van der Waals surface area (Å²) in [4.78, 5) is 37.9. The summed E-state index contributed by atoms with van der Waals surface area (Å²) in [5, 5.41) is 6.08. The number of carbonyl (C=O) groups is 3. The fraction of sp³-hybridized carbons (Fsp3) is 0.438. The highest BCUT2D eigenvalue weighted by Crippen LogP contribution is 2.33. The van der Waals surface area contributed by atoms with Crippen LogP contribution in [-0.2, 0) is 15.1 Å². The summed E-state index contributed by atoms with van der Waals surface area (Å²) < 4.78 is 0. The quantitative estimate of drug-likeness (QED) is 0.805. The van der Waals surface area contributed by atoms with Gasteiger partial charge in [-0.1, -0.05) is 30.7 Å². The van der Waals surface area contributed by atoms with E-state index in [2.05, 4.69) is 10.6 Å². The third-order valence-corrected chi connectivity index (χ3v) is 4.54. The molecular formula is C16H18ClN3O3. The Hall–Kier alpha value is -2.08. The molecule has 0 bridgehead atoms. The second-order valence-electron chi connectivity index (χ2n) is 5.93. The third kappa shape index (κ3) is 2.91. The SMILES string of the molecule is CCC1(c2ccc(Cl)cc2)NC(=O)N(CC(=O)NC2CC2)C1=O. The van der Waals surface area contributed by atoms with Crippen LogP contribution in [0.5, 0.6) is 0 Å². The zero-order chi connectivity index (χ0) is 16.6. The van der Waals surface area contributed by atoms with Crippen LogP contribution < -0.4 is 10.6 Å². The zero-order valence-electron chi connectivity index (χ0n) is 12.8. The maximum Gasteiger partial charge on any atom is 0.325 e. The van der Waals surface area contributed by atoms with Crippen molar-refractivity contribution in [2.75, 3.05) is 6.54 Å². The normalized spacial score (nSPS) is 23.8. The Morgan fingerprint density at radius 1 is 1.35 bits per heavy atom. The number of nitrogens with zero attached hydrogens (tertiary/aromatic N) is 1. The summed E-state index contributed by atoms with van der Waals surface area (Å²) in [6, 6.07) is 6.44. The van der Waals surface area contributed by atoms with Crippen LogP contribution in [-0.4, -0.2) is 35.3 Å². The molecule has 1 saturated heterocycles. The summed E-state index contributed by atoms with van der Waals surface area (Å²) in [6.45, 7) is 1.57. The van der Waals surface area contributed by atoms with Gasteiger partial charge in [-0.25, -0.2) is 4.79 Å². The molecule has 7 heteroatoms. The summed E-state index contributed by atoms with van der Waals surface area (Å²) in [5.74, 6) is -0.711. The lowest BCUT2D eigenvalue weighted by molar-refractivity contribution is -0.135. The van der Waals surface area contributed by atoms with E-state index >= 15 is 0 Å². The van der Waals surface area contributed by atoms with E-state index in [1.165, 1.54) is 0 Å². The van der Waals surface area contributed by atoms with Crippen molar-refractivity contribution in [1.82, 2.24) is 15.5 Å². The van der Waals surface area contributed by atoms with Crippen LogP contribution in [0.15, 0.2) is 24.3 Å². The van der Waals surface area contributed by atoms with E-state index in [4.69, 9.17) is 11.6 Å². The van der Waals surface area contributed by atoms with Gasteiger partial charge in [0.15, 0.2) is 0 Å². The van der Waals surface area contributed by atoms with Crippen LogP contribution in [0, 0.1) is 0 Å². The van der Waals surface area contributed by atoms with Crippen molar-refractivity contribution in [3.8, 4) is 0 Å². The molecule has 1 saturated carbocycles. The van der Waals surface area contributed by atoms with Crippen molar-refractivity contribution >= 4 is 29.4 Å². The van der Waals surface area contributed by atoms with Crippen molar-refractivity contribution in [2.24, 2.45) is 0 Å². The number of nitrogens with one attached hydrogen (secondary N) is 2. The summed E-state index contributed by atoms with van der Waals surface area (Å²) in [6.07, 6.45) is 2.30. The molecule has 1 aliphatic heterocycles. The molecule has 1 atom stereocenters. The van der Waals surface area contributed by atoms with E-state index in [0.29, 0.717) is 17.0 Å². The van der Waals surface area contributed by atoms with Gasteiger partial charge in [0, 0.05) is 11.1 Å². The first kappa shape index (κ1) is 15.8. The van der Waals surface area contributed by atoms with E-state index in [1.54, 1.807) is 24.3 Å². The first-order valence-electron chi connectivity index (χ1n) is 7.66. The predicted molar refractivity (Wildman–Crippen MR) is 84.8 cm³/mol. The molecule has 6 nitrogen and oxygen atoms in total. The van der Waals surface area contributed by atoms with Gasteiger partial charge in [0.05, 0.1) is 0 Å². The van der Waals surface area contributed by atoms with Crippen LogP contribution in [0.2, 0.25) is 5.02 Å². The highest BCUT2D eigenvalue weighted by molar-refractivity contribution is 6.30. The Balaban J connectivity index is 1.82. The monoisotopic (exact) mass is 335 g/mol. The smallest absolute Gasteiger partial charge is 0.325 e. The minimum atomic E-state index is -1.14. The molecular weight excluding hydrogens is 318 g/mol. The molecule has 0 radical (unpaired) electrons. The predicted octanol–water partition coefficient (Wildman–Crippen LogP) is 1.78. The van der Waals surface area contributed by atoms with Gasteiger partial charge in [0.2, 0.25) is 5.91 Å². The Kier molecular flexibility index (Phi) is 4.02. The molecule has 4 amide bonds. The maximum atomic E-state index is 12.8. The van der Waals surface area contributed by atoms with E-state index in [1.807, 2.05) is 6.92 Å². The van der Waals surface area contributed by atoms with Crippen LogP contribution in [0.3, 0.4) is 0 Å².